The van der Waals surface area contributed by atoms with E-state index in [2.05, 4.69) is 5.10 Å². The van der Waals surface area contributed by atoms with E-state index in [4.69, 9.17) is 5.73 Å². The summed E-state index contributed by atoms with van der Waals surface area (Å²) in [5, 5.41) is 2.81. The number of nitrogens with one attached hydrogen (secondary N) is 1. The van der Waals surface area contributed by atoms with Crippen molar-refractivity contribution in [1.29, 1.82) is 0 Å². The lowest BCUT2D eigenvalue weighted by Gasteiger charge is -2.22. The number of aryl methyl sites for hydroxylation is 1. The van der Waals surface area contributed by atoms with Crippen LogP contribution >= 0.6 is 0 Å². The van der Waals surface area contributed by atoms with Crippen molar-refractivity contribution in [2.24, 2.45) is 0 Å². The van der Waals surface area contributed by atoms with E-state index < -0.39 is 0 Å². The normalized spacial score (nSPS) is 11.8. The molecule has 3 N–H and O–H groups in total. The molecule has 4 nitrogen and oxygen atoms in total. The molecule has 0 saturated carbocycles. The predicted octanol–water partition coefficient (Wildman–Crippen LogP) is 2.49. The third kappa shape index (κ3) is 1.94. The van der Waals surface area contributed by atoms with Gasteiger partial charge in [-0.1, -0.05) is 24.3 Å². The zero-order valence-electron chi connectivity index (χ0n) is 11.2. The smallest absolute Gasteiger partial charge is 0.274 e. The van der Waals surface area contributed by atoms with Crippen molar-refractivity contribution in [2.75, 3.05) is 5.73 Å². The molecule has 1 aromatic carbocycles. The zero-order valence-corrected chi connectivity index (χ0v) is 11.2. The molecule has 0 amide bonds. The second-order valence-electron chi connectivity index (χ2n) is 5.52. The number of nitrogens with zero attached hydrogens (tertiary/aromatic N) is 1. The highest BCUT2D eigenvalue weighted by Gasteiger charge is 2.22. The Kier molecular flexibility index (Phi) is 2.81. The number of H-pyrrole nitrogens is 1. The highest BCUT2D eigenvalue weighted by atomic mass is 16.1. The summed E-state index contributed by atoms with van der Waals surface area (Å²) in [6.07, 6.45) is 0. The molecule has 0 atom stereocenters. The van der Waals surface area contributed by atoms with E-state index in [1.807, 2.05) is 52.0 Å². The second kappa shape index (κ2) is 4.05. The third-order valence-corrected chi connectivity index (χ3v) is 3.02. The first-order valence-corrected chi connectivity index (χ1v) is 5.99. The van der Waals surface area contributed by atoms with Crippen LogP contribution in [0.4, 0.5) is 5.82 Å². The average Bonchev–Trinajstić information content (AvgIpc) is 2.55. The highest BCUT2D eigenvalue weighted by molar-refractivity contribution is 5.75. The molecule has 0 aliphatic heterocycles. The molecule has 2 aromatic rings. The van der Waals surface area contributed by atoms with Gasteiger partial charge in [-0.15, -0.1) is 0 Å². The molecule has 18 heavy (non-hydrogen) atoms. The lowest BCUT2D eigenvalue weighted by Crippen LogP contribution is -2.25. The molecule has 0 fully saturated rings. The molecule has 2 rings (SSSR count). The van der Waals surface area contributed by atoms with E-state index >= 15 is 0 Å². The maximum atomic E-state index is 12.1. The molecule has 1 heterocycles. The first kappa shape index (κ1) is 12.5. The van der Waals surface area contributed by atoms with Crippen LogP contribution in [0.2, 0.25) is 0 Å². The van der Waals surface area contributed by atoms with Crippen molar-refractivity contribution < 1.29 is 0 Å². The fourth-order valence-corrected chi connectivity index (χ4v) is 2.09. The monoisotopic (exact) mass is 245 g/mol. The molecule has 0 radical (unpaired) electrons. The summed E-state index contributed by atoms with van der Waals surface area (Å²) in [5.41, 5.74) is 8.22. The van der Waals surface area contributed by atoms with Crippen molar-refractivity contribution in [3.05, 3.63) is 40.2 Å². The predicted molar refractivity (Wildman–Crippen MR) is 74.6 cm³/mol. The number of aromatic nitrogens is 2. The van der Waals surface area contributed by atoms with Gasteiger partial charge in [0.1, 0.15) is 5.82 Å². The fraction of sp³-hybridized carbons (Fsp3) is 0.357. The van der Waals surface area contributed by atoms with E-state index in [9.17, 15) is 4.79 Å². The Morgan fingerprint density at radius 1 is 1.22 bits per heavy atom. The number of nitrogens with two attached hydrogens (primary N) is 1. The molecular formula is C14H19N3O. The summed E-state index contributed by atoms with van der Waals surface area (Å²) in [6.45, 7) is 7.98. The Balaban J connectivity index is 2.72. The van der Waals surface area contributed by atoms with Gasteiger partial charge < -0.3 is 5.73 Å². The number of aromatic amines is 1. The summed E-state index contributed by atoms with van der Waals surface area (Å²) >= 11 is 0. The number of benzene rings is 1. The van der Waals surface area contributed by atoms with Crippen LogP contribution < -0.4 is 11.3 Å². The highest BCUT2D eigenvalue weighted by Crippen LogP contribution is 2.28. The molecule has 0 saturated heterocycles. The van der Waals surface area contributed by atoms with Crippen molar-refractivity contribution in [3.63, 3.8) is 0 Å². The van der Waals surface area contributed by atoms with Crippen molar-refractivity contribution in [3.8, 4) is 11.1 Å². The van der Waals surface area contributed by atoms with Gasteiger partial charge in [0.2, 0.25) is 0 Å². The Morgan fingerprint density at radius 3 is 2.33 bits per heavy atom. The van der Waals surface area contributed by atoms with Gasteiger partial charge in [0.15, 0.2) is 0 Å². The van der Waals surface area contributed by atoms with Crippen molar-refractivity contribution >= 4 is 5.82 Å². The Hall–Kier alpha value is -1.97. The van der Waals surface area contributed by atoms with Gasteiger partial charge in [-0.3, -0.25) is 14.6 Å². The molecule has 1 aromatic heterocycles. The maximum absolute atomic E-state index is 12.1. The zero-order chi connectivity index (χ0) is 13.5. The number of nitrogen functional groups attached to an aromatic ring is 1. The Bertz CT molecular complexity index is 629. The van der Waals surface area contributed by atoms with Gasteiger partial charge in [0.05, 0.1) is 11.1 Å². The molecule has 4 heteroatoms. The van der Waals surface area contributed by atoms with Crippen LogP contribution in [0, 0.1) is 6.92 Å². The minimum Gasteiger partial charge on any atom is -0.383 e. The summed E-state index contributed by atoms with van der Waals surface area (Å²) in [6, 6.07) is 7.76. The third-order valence-electron chi connectivity index (χ3n) is 3.02. The van der Waals surface area contributed by atoms with Crippen LogP contribution in [0.25, 0.3) is 11.1 Å². The first-order valence-electron chi connectivity index (χ1n) is 5.99. The summed E-state index contributed by atoms with van der Waals surface area (Å²) in [4.78, 5) is 12.1. The SMILES string of the molecule is Cc1ccccc1-c1c(N)n(C(C)(C)C)[nH]c1=O. The number of anilines is 1. The average molecular weight is 245 g/mol. The topological polar surface area (TPSA) is 63.8 Å². The van der Waals surface area contributed by atoms with Crippen LogP contribution in [-0.4, -0.2) is 9.78 Å². The molecule has 96 valence electrons. The van der Waals surface area contributed by atoms with Gasteiger partial charge in [0.25, 0.3) is 5.56 Å². The molecule has 0 aliphatic carbocycles. The van der Waals surface area contributed by atoms with Crippen molar-refractivity contribution in [2.45, 2.75) is 33.2 Å². The van der Waals surface area contributed by atoms with Crippen LogP contribution in [-0.2, 0) is 5.54 Å². The molecule has 0 bridgehead atoms. The van der Waals surface area contributed by atoms with Crippen LogP contribution in [0.15, 0.2) is 29.1 Å². The van der Waals surface area contributed by atoms with Gasteiger partial charge in [-0.25, -0.2) is 0 Å². The van der Waals surface area contributed by atoms with Crippen LogP contribution in [0.5, 0.6) is 0 Å². The van der Waals surface area contributed by atoms with Gasteiger partial charge in [-0.2, -0.15) is 0 Å². The van der Waals surface area contributed by atoms with E-state index in [1.54, 1.807) is 4.68 Å². The summed E-state index contributed by atoms with van der Waals surface area (Å²) < 4.78 is 1.72. The quantitative estimate of drug-likeness (QED) is 0.810. The standard InChI is InChI=1S/C14H19N3O/c1-9-7-5-6-8-10(9)11-12(15)17(14(2,3)4)16-13(11)18/h5-8H,15H2,1-4H3,(H,16,18). The van der Waals surface area contributed by atoms with E-state index in [-0.39, 0.29) is 11.1 Å². The maximum Gasteiger partial charge on any atom is 0.274 e. The Morgan fingerprint density at radius 2 is 1.83 bits per heavy atom. The Labute approximate surface area is 106 Å². The molecule has 0 aliphatic rings. The van der Waals surface area contributed by atoms with Crippen molar-refractivity contribution in [1.82, 2.24) is 9.78 Å². The molecule has 0 spiro atoms. The van der Waals surface area contributed by atoms with E-state index in [0.717, 1.165) is 11.1 Å². The fourth-order valence-electron chi connectivity index (χ4n) is 2.09. The van der Waals surface area contributed by atoms with E-state index in [1.165, 1.54) is 0 Å². The number of hydrogen-bond donors (Lipinski definition) is 2. The molecular weight excluding hydrogens is 226 g/mol. The number of rotatable bonds is 1. The first-order chi connectivity index (χ1) is 8.32. The van der Waals surface area contributed by atoms with Gasteiger partial charge in [0, 0.05) is 0 Å². The van der Waals surface area contributed by atoms with E-state index in [0.29, 0.717) is 11.4 Å². The molecule has 0 unspecified atom stereocenters. The lowest BCUT2D eigenvalue weighted by atomic mass is 10.0. The minimum absolute atomic E-state index is 0.142. The second-order valence-corrected chi connectivity index (χ2v) is 5.52. The summed E-state index contributed by atoms with van der Waals surface area (Å²) in [5.74, 6) is 0.488. The number of hydrogen-bond acceptors (Lipinski definition) is 2. The minimum atomic E-state index is -0.246. The van der Waals surface area contributed by atoms with Crippen LogP contribution in [0.1, 0.15) is 26.3 Å². The summed E-state index contributed by atoms with van der Waals surface area (Å²) in [7, 11) is 0. The van der Waals surface area contributed by atoms with Gasteiger partial charge >= 0.3 is 0 Å². The lowest BCUT2D eigenvalue weighted by molar-refractivity contribution is 0.359. The van der Waals surface area contributed by atoms with Crippen LogP contribution in [0.3, 0.4) is 0 Å². The van der Waals surface area contributed by atoms with Gasteiger partial charge in [-0.05, 0) is 38.8 Å². The largest absolute Gasteiger partial charge is 0.383 e.